The molecule has 0 amide bonds. The molecule has 1 N–H and O–H groups in total. The summed E-state index contributed by atoms with van der Waals surface area (Å²) in [5.41, 5.74) is 3.52. The maximum Gasteiger partial charge on any atom is 0.225 e. The van der Waals surface area contributed by atoms with Gasteiger partial charge in [0.2, 0.25) is 11.8 Å². The van der Waals surface area contributed by atoms with Crippen LogP contribution in [0.25, 0.3) is 0 Å². The Labute approximate surface area is 107 Å². The second kappa shape index (κ2) is 5.04. The number of ether oxygens (including phenoxy) is 1. The lowest BCUT2D eigenvalue weighted by Crippen LogP contribution is -1.98. The molecule has 18 heavy (non-hydrogen) atoms. The van der Waals surface area contributed by atoms with E-state index >= 15 is 0 Å². The smallest absolute Gasteiger partial charge is 0.225 e. The zero-order valence-electron chi connectivity index (χ0n) is 11.1. The summed E-state index contributed by atoms with van der Waals surface area (Å²) in [5.74, 6) is 1.94. The topological polar surface area (TPSA) is 47.0 Å². The SMILES string of the molecule is CNc1nccc(Oc2cc(C)cc(C)c2C)n1. The Bertz CT molecular complexity index is 567. The average Bonchev–Trinajstić information content (AvgIpc) is 2.35. The minimum absolute atomic E-state index is 0.544. The molecule has 0 saturated heterocycles. The van der Waals surface area contributed by atoms with Crippen molar-refractivity contribution in [1.29, 1.82) is 0 Å². The van der Waals surface area contributed by atoms with Crippen molar-refractivity contribution in [1.82, 2.24) is 9.97 Å². The quantitative estimate of drug-likeness (QED) is 0.899. The van der Waals surface area contributed by atoms with Gasteiger partial charge in [-0.05, 0) is 43.5 Å². The molecule has 0 atom stereocenters. The second-order valence-electron chi connectivity index (χ2n) is 4.28. The van der Waals surface area contributed by atoms with Crippen LogP contribution in [0.5, 0.6) is 11.6 Å². The highest BCUT2D eigenvalue weighted by Crippen LogP contribution is 2.27. The summed E-state index contributed by atoms with van der Waals surface area (Å²) in [4.78, 5) is 8.30. The molecule has 4 heteroatoms. The first-order valence-electron chi connectivity index (χ1n) is 5.86. The van der Waals surface area contributed by atoms with Gasteiger partial charge in [-0.25, -0.2) is 4.98 Å². The number of hydrogen-bond acceptors (Lipinski definition) is 4. The summed E-state index contributed by atoms with van der Waals surface area (Å²) in [6.45, 7) is 6.18. The van der Waals surface area contributed by atoms with Crippen LogP contribution in [0, 0.1) is 20.8 Å². The Morgan fingerprint density at radius 3 is 2.67 bits per heavy atom. The van der Waals surface area contributed by atoms with Crippen LogP contribution in [-0.2, 0) is 0 Å². The third kappa shape index (κ3) is 2.59. The fraction of sp³-hybridized carbons (Fsp3) is 0.286. The van der Waals surface area contributed by atoms with E-state index in [4.69, 9.17) is 4.74 Å². The molecule has 0 aliphatic rings. The Kier molecular flexibility index (Phi) is 3.46. The summed E-state index contributed by atoms with van der Waals surface area (Å²) >= 11 is 0. The molecule has 2 aromatic rings. The predicted molar refractivity (Wildman–Crippen MR) is 72.3 cm³/mol. The number of anilines is 1. The molecule has 0 bridgehead atoms. The largest absolute Gasteiger partial charge is 0.439 e. The van der Waals surface area contributed by atoms with Gasteiger partial charge < -0.3 is 10.1 Å². The zero-order valence-corrected chi connectivity index (χ0v) is 11.1. The van der Waals surface area contributed by atoms with Gasteiger partial charge in [-0.3, -0.25) is 0 Å². The third-order valence-electron chi connectivity index (χ3n) is 2.83. The van der Waals surface area contributed by atoms with E-state index in [1.807, 2.05) is 13.0 Å². The average molecular weight is 243 g/mol. The molecule has 0 fully saturated rings. The molecule has 2 rings (SSSR count). The van der Waals surface area contributed by atoms with Crippen molar-refractivity contribution in [3.8, 4) is 11.6 Å². The Morgan fingerprint density at radius 1 is 1.17 bits per heavy atom. The van der Waals surface area contributed by atoms with Gasteiger partial charge in [-0.15, -0.1) is 0 Å². The third-order valence-corrected chi connectivity index (χ3v) is 2.83. The van der Waals surface area contributed by atoms with Crippen LogP contribution in [0.3, 0.4) is 0 Å². The van der Waals surface area contributed by atoms with E-state index in [0.717, 1.165) is 11.3 Å². The van der Waals surface area contributed by atoms with Crippen molar-refractivity contribution in [2.45, 2.75) is 20.8 Å². The molecule has 1 aromatic carbocycles. The number of aromatic nitrogens is 2. The molecule has 0 spiro atoms. The summed E-state index contributed by atoms with van der Waals surface area (Å²) < 4.78 is 5.82. The van der Waals surface area contributed by atoms with E-state index in [0.29, 0.717) is 11.8 Å². The van der Waals surface area contributed by atoms with Crippen LogP contribution < -0.4 is 10.1 Å². The normalized spacial score (nSPS) is 10.2. The first-order valence-corrected chi connectivity index (χ1v) is 5.86. The van der Waals surface area contributed by atoms with Crippen LogP contribution in [0.2, 0.25) is 0 Å². The van der Waals surface area contributed by atoms with E-state index < -0.39 is 0 Å². The molecule has 0 unspecified atom stereocenters. The van der Waals surface area contributed by atoms with Gasteiger partial charge in [0.05, 0.1) is 0 Å². The van der Waals surface area contributed by atoms with Crippen molar-refractivity contribution in [3.05, 3.63) is 41.1 Å². The van der Waals surface area contributed by atoms with Crippen LogP contribution >= 0.6 is 0 Å². The number of benzene rings is 1. The first kappa shape index (κ1) is 12.4. The number of nitrogens with one attached hydrogen (secondary N) is 1. The number of rotatable bonds is 3. The molecule has 4 nitrogen and oxygen atoms in total. The van der Waals surface area contributed by atoms with E-state index in [1.165, 1.54) is 11.1 Å². The maximum atomic E-state index is 5.82. The van der Waals surface area contributed by atoms with Gasteiger partial charge in [0.1, 0.15) is 5.75 Å². The molecular formula is C14H17N3O. The fourth-order valence-corrected chi connectivity index (χ4v) is 1.74. The standard InChI is InChI=1S/C14H17N3O/c1-9-7-10(2)11(3)12(8-9)18-13-5-6-16-14(15-4)17-13/h5-8H,1-4H3,(H,15,16,17). The molecule has 0 aliphatic heterocycles. The van der Waals surface area contributed by atoms with Crippen LogP contribution in [0.4, 0.5) is 5.95 Å². The van der Waals surface area contributed by atoms with Crippen molar-refractivity contribution in [2.75, 3.05) is 12.4 Å². The van der Waals surface area contributed by atoms with E-state index in [1.54, 1.807) is 19.3 Å². The van der Waals surface area contributed by atoms with E-state index in [2.05, 4.69) is 35.2 Å². The lowest BCUT2D eigenvalue weighted by molar-refractivity contribution is 0.458. The zero-order chi connectivity index (χ0) is 13.1. The number of aryl methyl sites for hydroxylation is 2. The Balaban J connectivity index is 2.33. The van der Waals surface area contributed by atoms with Gasteiger partial charge in [-0.1, -0.05) is 6.07 Å². The van der Waals surface area contributed by atoms with Crippen LogP contribution in [0.15, 0.2) is 24.4 Å². The molecule has 0 aliphatic carbocycles. The number of hydrogen-bond donors (Lipinski definition) is 1. The van der Waals surface area contributed by atoms with Crippen molar-refractivity contribution in [2.24, 2.45) is 0 Å². The highest BCUT2D eigenvalue weighted by Gasteiger charge is 2.06. The molecule has 0 radical (unpaired) electrons. The van der Waals surface area contributed by atoms with Crippen molar-refractivity contribution < 1.29 is 4.74 Å². The molecule has 94 valence electrons. The van der Waals surface area contributed by atoms with E-state index in [9.17, 15) is 0 Å². The summed E-state index contributed by atoms with van der Waals surface area (Å²) in [6.07, 6.45) is 1.67. The maximum absolute atomic E-state index is 5.82. The lowest BCUT2D eigenvalue weighted by atomic mass is 10.1. The summed E-state index contributed by atoms with van der Waals surface area (Å²) in [7, 11) is 1.78. The van der Waals surface area contributed by atoms with Crippen molar-refractivity contribution in [3.63, 3.8) is 0 Å². The minimum Gasteiger partial charge on any atom is -0.439 e. The molecule has 1 heterocycles. The Hall–Kier alpha value is -2.10. The lowest BCUT2D eigenvalue weighted by Gasteiger charge is -2.11. The van der Waals surface area contributed by atoms with Gasteiger partial charge in [-0.2, -0.15) is 4.98 Å². The molecular weight excluding hydrogens is 226 g/mol. The fourth-order valence-electron chi connectivity index (χ4n) is 1.74. The van der Waals surface area contributed by atoms with Gasteiger partial charge in [0.15, 0.2) is 0 Å². The summed E-state index contributed by atoms with van der Waals surface area (Å²) in [6, 6.07) is 5.91. The molecule has 0 saturated carbocycles. The highest BCUT2D eigenvalue weighted by atomic mass is 16.5. The second-order valence-corrected chi connectivity index (χ2v) is 4.28. The van der Waals surface area contributed by atoms with Crippen LogP contribution in [-0.4, -0.2) is 17.0 Å². The summed E-state index contributed by atoms with van der Waals surface area (Å²) in [5, 5.41) is 2.89. The monoisotopic (exact) mass is 243 g/mol. The van der Waals surface area contributed by atoms with Crippen LogP contribution in [0.1, 0.15) is 16.7 Å². The predicted octanol–water partition coefficient (Wildman–Crippen LogP) is 3.24. The van der Waals surface area contributed by atoms with Gasteiger partial charge >= 0.3 is 0 Å². The van der Waals surface area contributed by atoms with Gasteiger partial charge in [0, 0.05) is 19.3 Å². The van der Waals surface area contributed by atoms with Gasteiger partial charge in [0.25, 0.3) is 0 Å². The highest BCUT2D eigenvalue weighted by molar-refractivity contribution is 5.43. The Morgan fingerprint density at radius 2 is 1.94 bits per heavy atom. The molecule has 1 aromatic heterocycles. The number of nitrogens with zero attached hydrogens (tertiary/aromatic N) is 2. The van der Waals surface area contributed by atoms with E-state index in [-0.39, 0.29) is 0 Å². The van der Waals surface area contributed by atoms with Crippen molar-refractivity contribution >= 4 is 5.95 Å². The minimum atomic E-state index is 0.544. The first-order chi connectivity index (χ1) is 8.60.